The number of fused-ring (bicyclic) bond motifs is 1. The van der Waals surface area contributed by atoms with Crippen LogP contribution in [0.5, 0.6) is 0 Å². The summed E-state index contributed by atoms with van der Waals surface area (Å²) < 4.78 is 5.71. The number of hydrogen-bond donors (Lipinski definition) is 2. The standard InChI is InChI=1S/C28H45NO3/c1-19(11-13-29-14-15-32-20(2)18-29)24-9-10-25-23(6-5-12-28(24,25)4)8-7-22-16-26(30)21(3)27(31)17-22/h7-8,19-20,24-27,30-31H,3,5-6,9-18H2,1-2,4H3/b23-8+/t19?,20-,24+,25-,26+,27+,28+/m0/s1. The van der Waals surface area contributed by atoms with Crippen LogP contribution >= 0.6 is 0 Å². The smallest absolute Gasteiger partial charge is 0.0809 e. The number of aliphatic hydroxyl groups is 2. The molecule has 180 valence electrons. The van der Waals surface area contributed by atoms with Crippen LogP contribution in [0.15, 0.2) is 35.5 Å². The van der Waals surface area contributed by atoms with Gasteiger partial charge in [-0.15, -0.1) is 0 Å². The van der Waals surface area contributed by atoms with Gasteiger partial charge in [0.25, 0.3) is 0 Å². The second-order valence-electron chi connectivity index (χ2n) is 11.4. The minimum Gasteiger partial charge on any atom is -0.388 e. The Morgan fingerprint density at radius 1 is 1.22 bits per heavy atom. The van der Waals surface area contributed by atoms with E-state index in [1.54, 1.807) is 5.57 Å². The van der Waals surface area contributed by atoms with Gasteiger partial charge in [-0.3, -0.25) is 4.90 Å². The maximum Gasteiger partial charge on any atom is 0.0809 e. The molecule has 0 amide bonds. The molecule has 0 spiro atoms. The number of ether oxygens (including phenoxy) is 1. The summed E-state index contributed by atoms with van der Waals surface area (Å²) in [5.74, 6) is 2.26. The van der Waals surface area contributed by atoms with Gasteiger partial charge in [0.1, 0.15) is 0 Å². The molecule has 1 aliphatic heterocycles. The van der Waals surface area contributed by atoms with Gasteiger partial charge in [0, 0.05) is 13.1 Å². The Labute approximate surface area is 195 Å². The third-order valence-electron chi connectivity index (χ3n) is 9.25. The van der Waals surface area contributed by atoms with E-state index >= 15 is 0 Å². The monoisotopic (exact) mass is 443 g/mol. The normalized spacial score (nSPS) is 41.0. The van der Waals surface area contributed by atoms with E-state index in [1.165, 1.54) is 45.1 Å². The fourth-order valence-electron chi connectivity index (χ4n) is 7.32. The topological polar surface area (TPSA) is 52.9 Å². The fraction of sp³-hybridized carbons (Fsp3) is 0.786. The van der Waals surface area contributed by atoms with Gasteiger partial charge in [-0.05, 0) is 93.6 Å². The van der Waals surface area contributed by atoms with E-state index in [2.05, 4.69) is 44.4 Å². The van der Waals surface area contributed by atoms with Crippen molar-refractivity contribution in [2.24, 2.45) is 23.2 Å². The summed E-state index contributed by atoms with van der Waals surface area (Å²) in [6.07, 6.45) is 12.8. The summed E-state index contributed by atoms with van der Waals surface area (Å²) in [7, 11) is 0. The van der Waals surface area contributed by atoms with E-state index in [9.17, 15) is 10.2 Å². The van der Waals surface area contributed by atoms with Crippen molar-refractivity contribution in [1.82, 2.24) is 4.90 Å². The molecule has 0 aromatic carbocycles. The van der Waals surface area contributed by atoms with Gasteiger partial charge in [0.15, 0.2) is 0 Å². The summed E-state index contributed by atoms with van der Waals surface area (Å²) in [6, 6.07) is 0. The number of rotatable bonds is 5. The highest BCUT2D eigenvalue weighted by molar-refractivity contribution is 5.29. The molecule has 0 aromatic heterocycles. The van der Waals surface area contributed by atoms with E-state index in [-0.39, 0.29) is 0 Å². The average molecular weight is 444 g/mol. The zero-order valence-electron chi connectivity index (χ0n) is 20.6. The number of hydrogen-bond acceptors (Lipinski definition) is 4. The zero-order chi connectivity index (χ0) is 22.9. The SMILES string of the molecule is C=C1[C@H](O)CC(=C/C=C2\CCC[C@]3(C)[C@@H](C(C)CCN4CCO[C@@H](C)C4)CC[C@@H]23)C[C@H]1O. The average Bonchev–Trinajstić information content (AvgIpc) is 3.12. The van der Waals surface area contributed by atoms with Gasteiger partial charge >= 0.3 is 0 Å². The van der Waals surface area contributed by atoms with Gasteiger partial charge in [-0.2, -0.15) is 0 Å². The van der Waals surface area contributed by atoms with Crippen molar-refractivity contribution in [1.29, 1.82) is 0 Å². The van der Waals surface area contributed by atoms with Crippen molar-refractivity contribution < 1.29 is 14.9 Å². The Morgan fingerprint density at radius 2 is 1.97 bits per heavy atom. The van der Waals surface area contributed by atoms with Crippen LogP contribution in [0.1, 0.15) is 72.1 Å². The van der Waals surface area contributed by atoms with Crippen LogP contribution in [-0.4, -0.2) is 59.7 Å². The van der Waals surface area contributed by atoms with E-state index in [4.69, 9.17) is 4.74 Å². The van der Waals surface area contributed by atoms with Crippen molar-refractivity contribution in [3.8, 4) is 0 Å². The molecule has 4 aliphatic rings. The van der Waals surface area contributed by atoms with Crippen molar-refractivity contribution in [2.45, 2.75) is 90.4 Å². The molecule has 4 fully saturated rings. The number of morpholine rings is 1. The van der Waals surface area contributed by atoms with Gasteiger partial charge < -0.3 is 14.9 Å². The molecule has 1 unspecified atom stereocenters. The van der Waals surface area contributed by atoms with Gasteiger partial charge in [-0.25, -0.2) is 0 Å². The summed E-state index contributed by atoms with van der Waals surface area (Å²) in [4.78, 5) is 2.60. The molecule has 4 heteroatoms. The molecule has 3 saturated carbocycles. The molecule has 4 nitrogen and oxygen atoms in total. The minimum absolute atomic E-state index is 0.372. The predicted octanol–water partition coefficient (Wildman–Crippen LogP) is 4.87. The highest BCUT2D eigenvalue weighted by atomic mass is 16.5. The first-order valence-electron chi connectivity index (χ1n) is 13.0. The Balaban J connectivity index is 1.39. The van der Waals surface area contributed by atoms with Crippen LogP contribution in [0, 0.1) is 23.2 Å². The van der Waals surface area contributed by atoms with Crippen LogP contribution < -0.4 is 0 Å². The summed E-state index contributed by atoms with van der Waals surface area (Å²) in [6.45, 7) is 15.3. The van der Waals surface area contributed by atoms with E-state index in [1.807, 2.05) is 0 Å². The molecule has 2 N–H and O–H groups in total. The Bertz CT molecular complexity index is 727. The van der Waals surface area contributed by atoms with Crippen molar-refractivity contribution in [3.05, 3.63) is 35.5 Å². The molecule has 1 heterocycles. The molecule has 0 aromatic rings. The lowest BCUT2D eigenvalue weighted by Gasteiger charge is -2.44. The van der Waals surface area contributed by atoms with Crippen LogP contribution in [0.3, 0.4) is 0 Å². The second-order valence-corrected chi connectivity index (χ2v) is 11.4. The van der Waals surface area contributed by atoms with E-state index < -0.39 is 12.2 Å². The molecule has 32 heavy (non-hydrogen) atoms. The van der Waals surface area contributed by atoms with Crippen LogP contribution in [0.2, 0.25) is 0 Å². The van der Waals surface area contributed by atoms with E-state index in [0.717, 1.165) is 37.1 Å². The Morgan fingerprint density at radius 3 is 2.69 bits per heavy atom. The first-order chi connectivity index (χ1) is 15.3. The van der Waals surface area contributed by atoms with Crippen LogP contribution in [0.25, 0.3) is 0 Å². The maximum atomic E-state index is 10.2. The highest BCUT2D eigenvalue weighted by Gasteiger charge is 2.50. The highest BCUT2D eigenvalue weighted by Crippen LogP contribution is 2.59. The Kier molecular flexibility index (Phi) is 7.66. The number of nitrogens with zero attached hydrogens (tertiary/aromatic N) is 1. The number of aliphatic hydroxyl groups excluding tert-OH is 2. The molecular weight excluding hydrogens is 398 g/mol. The largest absolute Gasteiger partial charge is 0.388 e. The maximum absolute atomic E-state index is 10.2. The summed E-state index contributed by atoms with van der Waals surface area (Å²) in [5.41, 5.74) is 3.75. The number of allylic oxidation sites excluding steroid dienone is 3. The molecule has 3 aliphatic carbocycles. The summed E-state index contributed by atoms with van der Waals surface area (Å²) in [5, 5.41) is 20.3. The predicted molar refractivity (Wildman–Crippen MR) is 130 cm³/mol. The quantitative estimate of drug-likeness (QED) is 0.595. The van der Waals surface area contributed by atoms with Gasteiger partial charge in [-0.1, -0.05) is 43.7 Å². The third kappa shape index (κ3) is 5.09. The third-order valence-corrected chi connectivity index (χ3v) is 9.25. The molecule has 7 atom stereocenters. The second kappa shape index (κ2) is 10.1. The molecule has 0 bridgehead atoms. The van der Waals surface area contributed by atoms with Crippen molar-refractivity contribution in [2.75, 3.05) is 26.2 Å². The molecule has 0 radical (unpaired) electrons. The zero-order valence-corrected chi connectivity index (χ0v) is 20.6. The molecule has 1 saturated heterocycles. The lowest BCUT2D eigenvalue weighted by Crippen LogP contribution is -2.42. The van der Waals surface area contributed by atoms with Gasteiger partial charge in [0.2, 0.25) is 0 Å². The first kappa shape index (κ1) is 24.2. The minimum atomic E-state index is -0.605. The van der Waals surface area contributed by atoms with Gasteiger partial charge in [0.05, 0.1) is 24.9 Å². The van der Waals surface area contributed by atoms with Crippen molar-refractivity contribution in [3.63, 3.8) is 0 Å². The molecule has 4 rings (SSSR count). The summed E-state index contributed by atoms with van der Waals surface area (Å²) >= 11 is 0. The fourth-order valence-corrected chi connectivity index (χ4v) is 7.32. The van der Waals surface area contributed by atoms with Crippen molar-refractivity contribution >= 4 is 0 Å². The van der Waals surface area contributed by atoms with E-state index in [0.29, 0.717) is 35.9 Å². The Hall–Kier alpha value is -0.940. The lowest BCUT2D eigenvalue weighted by atomic mass is 9.61. The lowest BCUT2D eigenvalue weighted by molar-refractivity contribution is -0.0216. The van der Waals surface area contributed by atoms with Crippen LogP contribution in [-0.2, 0) is 4.74 Å². The first-order valence-corrected chi connectivity index (χ1v) is 13.0. The van der Waals surface area contributed by atoms with Crippen LogP contribution in [0.4, 0.5) is 0 Å². The molecular formula is C28H45NO3.